The van der Waals surface area contributed by atoms with Crippen molar-refractivity contribution in [3.05, 3.63) is 34.4 Å². The minimum absolute atomic E-state index is 0.229. The van der Waals surface area contributed by atoms with Crippen molar-refractivity contribution in [2.24, 2.45) is 5.92 Å². The van der Waals surface area contributed by atoms with Crippen LogP contribution in [0.15, 0.2) is 12.1 Å². The largest absolute Gasteiger partial charge is 0.396 e. The Balaban J connectivity index is 2.84. The predicted molar refractivity (Wildman–Crippen MR) is 77.9 cm³/mol. The van der Waals surface area contributed by atoms with Crippen LogP contribution < -0.4 is 5.32 Å². The van der Waals surface area contributed by atoms with E-state index in [1.165, 1.54) is 22.3 Å². The molecule has 0 radical (unpaired) electrons. The van der Waals surface area contributed by atoms with Gasteiger partial charge in [0.1, 0.15) is 0 Å². The van der Waals surface area contributed by atoms with E-state index >= 15 is 0 Å². The molecular weight excluding hydrogens is 222 g/mol. The Labute approximate surface area is 111 Å². The zero-order valence-corrected chi connectivity index (χ0v) is 12.5. The molecule has 1 aromatic rings. The van der Waals surface area contributed by atoms with Gasteiger partial charge in [0.2, 0.25) is 0 Å². The maximum Gasteiger partial charge on any atom is 0.0471 e. The van der Waals surface area contributed by atoms with Crippen molar-refractivity contribution in [2.45, 2.75) is 53.6 Å². The fourth-order valence-electron chi connectivity index (χ4n) is 2.26. The van der Waals surface area contributed by atoms with Gasteiger partial charge in [0.25, 0.3) is 0 Å². The van der Waals surface area contributed by atoms with Crippen LogP contribution in [0, 0.1) is 26.7 Å². The van der Waals surface area contributed by atoms with E-state index in [4.69, 9.17) is 0 Å². The second-order valence-corrected chi connectivity index (χ2v) is 5.63. The maximum atomic E-state index is 9.18. The van der Waals surface area contributed by atoms with Crippen LogP contribution in [-0.4, -0.2) is 17.8 Å². The third kappa shape index (κ3) is 3.56. The lowest BCUT2D eigenvalue weighted by Gasteiger charge is -2.26. The summed E-state index contributed by atoms with van der Waals surface area (Å²) in [6.45, 7) is 13.1. The maximum absolute atomic E-state index is 9.18. The number of nitrogens with one attached hydrogen (secondary N) is 1. The lowest BCUT2D eigenvalue weighted by molar-refractivity contribution is 0.202. The van der Waals surface area contributed by atoms with Gasteiger partial charge in [-0.05, 0) is 62.8 Å². The number of benzene rings is 1. The van der Waals surface area contributed by atoms with Gasteiger partial charge in [-0.1, -0.05) is 19.1 Å². The van der Waals surface area contributed by atoms with Crippen molar-refractivity contribution in [1.82, 2.24) is 5.32 Å². The van der Waals surface area contributed by atoms with E-state index in [9.17, 15) is 5.11 Å². The Morgan fingerprint density at radius 1 is 1.00 bits per heavy atom. The lowest BCUT2D eigenvalue weighted by atomic mass is 9.95. The molecule has 3 atom stereocenters. The van der Waals surface area contributed by atoms with Gasteiger partial charge in [-0.25, -0.2) is 0 Å². The monoisotopic (exact) mass is 249 g/mol. The molecule has 0 fully saturated rings. The molecule has 0 aromatic heterocycles. The fourth-order valence-corrected chi connectivity index (χ4v) is 2.26. The van der Waals surface area contributed by atoms with E-state index in [0.717, 1.165) is 0 Å². The summed E-state index contributed by atoms with van der Waals surface area (Å²) in [7, 11) is 0. The minimum atomic E-state index is 0.229. The van der Waals surface area contributed by atoms with E-state index < -0.39 is 0 Å². The molecular formula is C16H27NO. The van der Waals surface area contributed by atoms with Gasteiger partial charge < -0.3 is 10.4 Å². The molecule has 0 saturated carbocycles. The van der Waals surface area contributed by atoms with Gasteiger partial charge in [0.05, 0.1) is 0 Å². The number of rotatable bonds is 5. The van der Waals surface area contributed by atoms with Crippen LogP contribution in [0.3, 0.4) is 0 Å². The zero-order chi connectivity index (χ0) is 13.9. The summed E-state index contributed by atoms with van der Waals surface area (Å²) in [6.07, 6.45) is 0. The number of aliphatic hydroxyl groups is 1. The van der Waals surface area contributed by atoms with E-state index in [0.29, 0.717) is 12.1 Å². The van der Waals surface area contributed by atoms with Crippen molar-refractivity contribution in [3.63, 3.8) is 0 Å². The second kappa shape index (κ2) is 6.35. The number of aryl methyl sites for hydroxylation is 3. The van der Waals surface area contributed by atoms with E-state index in [1.807, 2.05) is 0 Å². The summed E-state index contributed by atoms with van der Waals surface area (Å²) in [6, 6.07) is 5.15. The molecule has 0 spiro atoms. The van der Waals surface area contributed by atoms with Gasteiger partial charge in [0, 0.05) is 18.7 Å². The third-order valence-corrected chi connectivity index (χ3v) is 4.00. The summed E-state index contributed by atoms with van der Waals surface area (Å²) in [5, 5.41) is 12.8. The van der Waals surface area contributed by atoms with Crippen LogP contribution in [0.4, 0.5) is 0 Å². The summed E-state index contributed by atoms with van der Waals surface area (Å²) >= 11 is 0. The highest BCUT2D eigenvalue weighted by Crippen LogP contribution is 2.22. The lowest BCUT2D eigenvalue weighted by Crippen LogP contribution is -2.35. The van der Waals surface area contributed by atoms with Crippen molar-refractivity contribution in [1.29, 1.82) is 0 Å². The normalized spacial score (nSPS) is 16.4. The molecule has 0 saturated heterocycles. The summed E-state index contributed by atoms with van der Waals surface area (Å²) < 4.78 is 0. The molecule has 3 unspecified atom stereocenters. The minimum Gasteiger partial charge on any atom is -0.396 e. The Bertz CT molecular complexity index is 400. The Morgan fingerprint density at radius 3 is 2.11 bits per heavy atom. The van der Waals surface area contributed by atoms with Gasteiger partial charge in [-0.15, -0.1) is 0 Å². The molecule has 18 heavy (non-hydrogen) atoms. The van der Waals surface area contributed by atoms with Gasteiger partial charge in [0.15, 0.2) is 0 Å². The van der Waals surface area contributed by atoms with Crippen molar-refractivity contribution in [2.75, 3.05) is 6.61 Å². The van der Waals surface area contributed by atoms with Crippen molar-refractivity contribution >= 4 is 0 Å². The molecule has 2 nitrogen and oxygen atoms in total. The standard InChI is InChI=1S/C16H27NO/c1-10-7-12(3)16(8-11(10)2)15(6)17-14(5)13(4)9-18/h7-8,13-15,17-18H,9H2,1-6H3. The molecule has 0 aliphatic heterocycles. The van der Waals surface area contributed by atoms with Gasteiger partial charge >= 0.3 is 0 Å². The highest BCUT2D eigenvalue weighted by Gasteiger charge is 2.16. The number of hydrogen-bond acceptors (Lipinski definition) is 2. The highest BCUT2D eigenvalue weighted by molar-refractivity contribution is 5.38. The molecule has 1 rings (SSSR count). The molecule has 0 aliphatic rings. The fraction of sp³-hybridized carbons (Fsp3) is 0.625. The molecule has 1 aromatic carbocycles. The van der Waals surface area contributed by atoms with Gasteiger partial charge in [-0.3, -0.25) is 0 Å². The quantitative estimate of drug-likeness (QED) is 0.839. The Hall–Kier alpha value is -0.860. The second-order valence-electron chi connectivity index (χ2n) is 5.63. The Kier molecular flexibility index (Phi) is 5.36. The molecule has 2 heteroatoms. The van der Waals surface area contributed by atoms with Crippen molar-refractivity contribution in [3.8, 4) is 0 Å². The van der Waals surface area contributed by atoms with E-state index in [1.54, 1.807) is 0 Å². The Morgan fingerprint density at radius 2 is 1.56 bits per heavy atom. The molecule has 0 aliphatic carbocycles. The van der Waals surface area contributed by atoms with E-state index in [-0.39, 0.29) is 12.5 Å². The number of hydrogen-bond donors (Lipinski definition) is 2. The highest BCUT2D eigenvalue weighted by atomic mass is 16.3. The first-order valence-electron chi connectivity index (χ1n) is 6.81. The van der Waals surface area contributed by atoms with Crippen LogP contribution in [0.2, 0.25) is 0 Å². The molecule has 0 amide bonds. The summed E-state index contributed by atoms with van der Waals surface area (Å²) in [5.74, 6) is 0.277. The van der Waals surface area contributed by atoms with Crippen molar-refractivity contribution < 1.29 is 5.11 Å². The summed E-state index contributed by atoms with van der Waals surface area (Å²) in [4.78, 5) is 0. The average Bonchev–Trinajstić information content (AvgIpc) is 2.32. The van der Waals surface area contributed by atoms with Crippen LogP contribution in [0.1, 0.15) is 49.1 Å². The molecule has 102 valence electrons. The van der Waals surface area contributed by atoms with Gasteiger partial charge in [-0.2, -0.15) is 0 Å². The molecule has 2 N–H and O–H groups in total. The average molecular weight is 249 g/mol. The predicted octanol–water partition coefficient (Wildman–Crippen LogP) is 3.28. The molecule has 0 heterocycles. The zero-order valence-electron chi connectivity index (χ0n) is 12.5. The topological polar surface area (TPSA) is 32.3 Å². The van der Waals surface area contributed by atoms with Crippen LogP contribution in [0.5, 0.6) is 0 Å². The van der Waals surface area contributed by atoms with Crippen LogP contribution >= 0.6 is 0 Å². The first-order chi connectivity index (χ1) is 8.36. The first kappa shape index (κ1) is 15.2. The molecule has 0 bridgehead atoms. The summed E-state index contributed by atoms with van der Waals surface area (Å²) in [5.41, 5.74) is 5.38. The first-order valence-corrected chi connectivity index (χ1v) is 6.81. The van der Waals surface area contributed by atoms with E-state index in [2.05, 4.69) is 59.0 Å². The third-order valence-electron chi connectivity index (χ3n) is 4.00. The number of aliphatic hydroxyl groups excluding tert-OH is 1. The smallest absolute Gasteiger partial charge is 0.0471 e. The van der Waals surface area contributed by atoms with Crippen LogP contribution in [0.25, 0.3) is 0 Å². The van der Waals surface area contributed by atoms with Crippen LogP contribution in [-0.2, 0) is 0 Å². The SMILES string of the molecule is Cc1cc(C)c(C(C)NC(C)C(C)CO)cc1C.